The number of ether oxygens (including phenoxy) is 1. The molecular formula is C19H23ClN2O5S. The Morgan fingerprint density at radius 3 is 2.29 bits per heavy atom. The number of carbonyl (C=O) groups is 2. The standard InChI is InChI=1S/C19H22N2O5S.ClH/c1-4-26-19(23)14-9-15(11-16(10-14)27(3,24)25)21-18(22)17(20)13-7-5-12(2)6-8-13;/h5-11,17H,4,20H2,1-3H3,(H,21,22);1H. The number of benzene rings is 2. The third-order valence-corrected chi connectivity index (χ3v) is 4.92. The number of halogens is 1. The van der Waals surface area contributed by atoms with Crippen molar-refractivity contribution in [2.75, 3.05) is 18.2 Å². The number of aryl methyl sites for hydroxylation is 1. The molecule has 28 heavy (non-hydrogen) atoms. The van der Waals surface area contributed by atoms with E-state index in [2.05, 4.69) is 5.32 Å². The van der Waals surface area contributed by atoms with Crippen molar-refractivity contribution in [2.24, 2.45) is 5.73 Å². The normalized spacial score (nSPS) is 11.9. The maximum atomic E-state index is 12.5. The zero-order valence-electron chi connectivity index (χ0n) is 15.8. The number of amides is 1. The summed E-state index contributed by atoms with van der Waals surface area (Å²) in [5.74, 6) is -1.21. The lowest BCUT2D eigenvalue weighted by Crippen LogP contribution is -2.28. The molecule has 2 aromatic carbocycles. The summed E-state index contributed by atoms with van der Waals surface area (Å²) < 4.78 is 28.7. The van der Waals surface area contributed by atoms with E-state index in [-0.39, 0.29) is 35.2 Å². The van der Waals surface area contributed by atoms with Crippen LogP contribution in [0.5, 0.6) is 0 Å². The summed E-state index contributed by atoms with van der Waals surface area (Å²) in [5, 5.41) is 2.57. The molecule has 0 aromatic heterocycles. The Balaban J connectivity index is 0.00000392. The Morgan fingerprint density at radius 1 is 1.14 bits per heavy atom. The predicted molar refractivity (Wildman–Crippen MR) is 109 cm³/mol. The molecule has 0 spiro atoms. The molecule has 0 heterocycles. The Bertz CT molecular complexity index is 959. The van der Waals surface area contributed by atoms with Crippen molar-refractivity contribution in [1.29, 1.82) is 0 Å². The van der Waals surface area contributed by atoms with Gasteiger partial charge in [0.2, 0.25) is 5.91 Å². The third-order valence-electron chi connectivity index (χ3n) is 3.83. The first-order chi connectivity index (χ1) is 12.6. The van der Waals surface area contributed by atoms with Gasteiger partial charge in [0.25, 0.3) is 0 Å². The molecule has 1 amide bonds. The number of sulfone groups is 1. The fourth-order valence-corrected chi connectivity index (χ4v) is 3.04. The Labute approximate surface area is 170 Å². The molecule has 2 rings (SSSR count). The topological polar surface area (TPSA) is 116 Å². The van der Waals surface area contributed by atoms with Gasteiger partial charge < -0.3 is 15.8 Å². The molecule has 0 saturated carbocycles. The van der Waals surface area contributed by atoms with Crippen molar-refractivity contribution < 1.29 is 22.7 Å². The summed E-state index contributed by atoms with van der Waals surface area (Å²) in [4.78, 5) is 24.4. The highest BCUT2D eigenvalue weighted by Crippen LogP contribution is 2.21. The Kier molecular flexibility index (Phi) is 8.16. The van der Waals surface area contributed by atoms with Crippen molar-refractivity contribution in [3.8, 4) is 0 Å². The number of nitrogens with one attached hydrogen (secondary N) is 1. The van der Waals surface area contributed by atoms with Crippen LogP contribution in [-0.4, -0.2) is 33.2 Å². The molecule has 1 unspecified atom stereocenters. The molecule has 0 aliphatic carbocycles. The molecule has 1 atom stereocenters. The first-order valence-electron chi connectivity index (χ1n) is 8.27. The molecule has 7 nitrogen and oxygen atoms in total. The quantitative estimate of drug-likeness (QED) is 0.686. The fourth-order valence-electron chi connectivity index (χ4n) is 2.36. The average molecular weight is 427 g/mol. The summed E-state index contributed by atoms with van der Waals surface area (Å²) in [5.41, 5.74) is 7.81. The smallest absolute Gasteiger partial charge is 0.338 e. The van der Waals surface area contributed by atoms with Crippen LogP contribution in [0.2, 0.25) is 0 Å². The molecule has 0 fully saturated rings. The second kappa shape index (κ2) is 9.68. The van der Waals surface area contributed by atoms with Gasteiger partial charge in [-0.25, -0.2) is 13.2 Å². The molecule has 0 aliphatic rings. The van der Waals surface area contributed by atoms with Crippen LogP contribution in [-0.2, 0) is 19.4 Å². The van der Waals surface area contributed by atoms with Crippen LogP contribution in [0.25, 0.3) is 0 Å². The van der Waals surface area contributed by atoms with E-state index in [1.165, 1.54) is 18.2 Å². The van der Waals surface area contributed by atoms with Crippen LogP contribution in [0.15, 0.2) is 47.4 Å². The number of carbonyl (C=O) groups excluding carboxylic acids is 2. The molecule has 9 heteroatoms. The lowest BCUT2D eigenvalue weighted by atomic mass is 10.1. The molecule has 0 radical (unpaired) electrons. The monoisotopic (exact) mass is 426 g/mol. The van der Waals surface area contributed by atoms with E-state index in [0.29, 0.717) is 5.56 Å². The lowest BCUT2D eigenvalue weighted by molar-refractivity contribution is -0.117. The van der Waals surface area contributed by atoms with E-state index >= 15 is 0 Å². The van der Waals surface area contributed by atoms with E-state index in [0.717, 1.165) is 11.8 Å². The van der Waals surface area contributed by atoms with Gasteiger partial charge >= 0.3 is 5.97 Å². The predicted octanol–water partition coefficient (Wildman–Crippen LogP) is 2.64. The highest BCUT2D eigenvalue weighted by Gasteiger charge is 2.19. The van der Waals surface area contributed by atoms with Crippen molar-refractivity contribution in [3.05, 3.63) is 59.2 Å². The van der Waals surface area contributed by atoms with Crippen LogP contribution in [0.4, 0.5) is 5.69 Å². The van der Waals surface area contributed by atoms with E-state index < -0.39 is 27.8 Å². The van der Waals surface area contributed by atoms with Crippen LogP contribution in [0, 0.1) is 6.92 Å². The zero-order chi connectivity index (χ0) is 20.2. The molecule has 0 aliphatic heterocycles. The molecule has 3 N–H and O–H groups in total. The molecule has 0 saturated heterocycles. The van der Waals surface area contributed by atoms with E-state index in [1.807, 2.05) is 19.1 Å². The zero-order valence-corrected chi connectivity index (χ0v) is 17.4. The highest BCUT2D eigenvalue weighted by atomic mass is 35.5. The average Bonchev–Trinajstić information content (AvgIpc) is 2.61. The third kappa shape index (κ3) is 6.05. The van der Waals surface area contributed by atoms with Crippen molar-refractivity contribution in [3.63, 3.8) is 0 Å². The van der Waals surface area contributed by atoms with Crippen LogP contribution in [0.1, 0.15) is 34.5 Å². The Hall–Kier alpha value is -2.42. The summed E-state index contributed by atoms with van der Waals surface area (Å²) in [7, 11) is -3.60. The largest absolute Gasteiger partial charge is 0.462 e. The second-order valence-electron chi connectivity index (χ2n) is 6.12. The van der Waals surface area contributed by atoms with Gasteiger partial charge in [0.1, 0.15) is 6.04 Å². The van der Waals surface area contributed by atoms with E-state index in [1.54, 1.807) is 19.1 Å². The lowest BCUT2D eigenvalue weighted by Gasteiger charge is -2.14. The Morgan fingerprint density at radius 2 is 1.75 bits per heavy atom. The number of hydrogen-bond acceptors (Lipinski definition) is 6. The highest BCUT2D eigenvalue weighted by molar-refractivity contribution is 7.90. The SMILES string of the molecule is CCOC(=O)c1cc(NC(=O)C(N)c2ccc(C)cc2)cc(S(C)(=O)=O)c1.Cl. The van der Waals surface area contributed by atoms with Gasteiger partial charge in [-0.1, -0.05) is 29.8 Å². The minimum atomic E-state index is -3.60. The fraction of sp³-hybridized carbons (Fsp3) is 0.263. The molecule has 2 aromatic rings. The first kappa shape index (κ1) is 23.6. The van der Waals surface area contributed by atoms with Gasteiger partial charge in [-0.05, 0) is 37.6 Å². The van der Waals surface area contributed by atoms with Gasteiger partial charge in [-0.3, -0.25) is 4.79 Å². The van der Waals surface area contributed by atoms with Crippen molar-refractivity contribution in [1.82, 2.24) is 0 Å². The van der Waals surface area contributed by atoms with Crippen LogP contribution in [0.3, 0.4) is 0 Å². The maximum Gasteiger partial charge on any atom is 0.338 e. The molecule has 0 bridgehead atoms. The summed E-state index contributed by atoms with van der Waals surface area (Å²) in [6.45, 7) is 3.70. The van der Waals surface area contributed by atoms with Gasteiger partial charge in [-0.2, -0.15) is 0 Å². The minimum absolute atomic E-state index is 0. The number of esters is 1. The van der Waals surface area contributed by atoms with Gasteiger partial charge in [0.05, 0.1) is 17.1 Å². The summed E-state index contributed by atoms with van der Waals surface area (Å²) in [6.07, 6.45) is 1.01. The summed E-state index contributed by atoms with van der Waals surface area (Å²) >= 11 is 0. The molecule has 152 valence electrons. The number of nitrogens with two attached hydrogens (primary N) is 1. The van der Waals surface area contributed by atoms with E-state index in [9.17, 15) is 18.0 Å². The first-order valence-corrected chi connectivity index (χ1v) is 10.2. The maximum absolute atomic E-state index is 12.5. The van der Waals surface area contributed by atoms with E-state index in [4.69, 9.17) is 10.5 Å². The summed E-state index contributed by atoms with van der Waals surface area (Å²) in [6, 6.07) is 10.1. The van der Waals surface area contributed by atoms with Gasteiger partial charge in [0, 0.05) is 11.9 Å². The second-order valence-corrected chi connectivity index (χ2v) is 8.13. The molecular weight excluding hydrogens is 404 g/mol. The van der Waals surface area contributed by atoms with Gasteiger partial charge in [0.15, 0.2) is 9.84 Å². The van der Waals surface area contributed by atoms with Crippen LogP contribution < -0.4 is 11.1 Å². The van der Waals surface area contributed by atoms with Gasteiger partial charge in [-0.15, -0.1) is 12.4 Å². The van der Waals surface area contributed by atoms with Crippen molar-refractivity contribution in [2.45, 2.75) is 24.8 Å². The minimum Gasteiger partial charge on any atom is -0.462 e. The van der Waals surface area contributed by atoms with Crippen molar-refractivity contribution >= 4 is 39.8 Å². The number of rotatable bonds is 6. The number of anilines is 1. The van der Waals surface area contributed by atoms with Crippen LogP contribution >= 0.6 is 12.4 Å². The number of hydrogen-bond donors (Lipinski definition) is 2.